The minimum absolute atomic E-state index is 0.0775. The van der Waals surface area contributed by atoms with Gasteiger partial charge in [-0.25, -0.2) is 0 Å². The van der Waals surface area contributed by atoms with Crippen molar-refractivity contribution in [3.63, 3.8) is 0 Å². The van der Waals surface area contributed by atoms with Crippen molar-refractivity contribution in [2.45, 2.75) is 57.7 Å². The summed E-state index contributed by atoms with van der Waals surface area (Å²) in [7, 11) is -1.58. The van der Waals surface area contributed by atoms with Crippen LogP contribution < -0.4 is 0 Å². The molecular weight excluding hydrogens is 211 g/mol. The van der Waals surface area contributed by atoms with Crippen molar-refractivity contribution < 1.29 is 24.9 Å². The van der Waals surface area contributed by atoms with E-state index in [9.17, 15) is 0 Å². The zero-order valence-corrected chi connectivity index (χ0v) is 9.88. The van der Waals surface area contributed by atoms with E-state index in [1.807, 2.05) is 0 Å². The molecule has 1 fully saturated rings. The van der Waals surface area contributed by atoms with E-state index in [0.29, 0.717) is 6.42 Å². The van der Waals surface area contributed by atoms with Crippen molar-refractivity contribution in [1.29, 1.82) is 0 Å². The Hall–Kier alpha value is -0.135. The number of aliphatic hydroxyl groups excluding tert-OH is 2. The van der Waals surface area contributed by atoms with Gasteiger partial charge in [-0.05, 0) is 26.2 Å². The average Bonchev–Trinajstić information content (AvgIpc) is 2.18. The maximum Gasteiger partial charge on any atom is 0.634 e. The summed E-state index contributed by atoms with van der Waals surface area (Å²) in [5.41, 5.74) is 0. The van der Waals surface area contributed by atoms with Crippen LogP contribution in [0.5, 0.6) is 0 Å². The minimum Gasteiger partial charge on any atom is -0.402 e. The molecule has 5 nitrogen and oxygen atoms in total. The molecular formula is C10H23BO5. The molecule has 0 aromatic rings. The van der Waals surface area contributed by atoms with Gasteiger partial charge >= 0.3 is 7.32 Å². The van der Waals surface area contributed by atoms with Crippen molar-refractivity contribution in [2.75, 3.05) is 6.61 Å². The zero-order valence-electron chi connectivity index (χ0n) is 9.88. The highest BCUT2D eigenvalue weighted by Gasteiger charge is 2.19. The Morgan fingerprint density at radius 1 is 1.25 bits per heavy atom. The number of rotatable bonds is 4. The molecule has 0 aliphatic heterocycles. The summed E-state index contributed by atoms with van der Waals surface area (Å²) in [6, 6.07) is 0. The molecule has 16 heavy (non-hydrogen) atoms. The Labute approximate surface area is 97.2 Å². The molecule has 0 aromatic heterocycles. The monoisotopic (exact) mass is 234 g/mol. The topological polar surface area (TPSA) is 90.2 Å². The lowest BCUT2D eigenvalue weighted by Crippen LogP contribution is -2.27. The van der Waals surface area contributed by atoms with E-state index in [1.54, 1.807) is 6.92 Å². The molecule has 96 valence electrons. The van der Waals surface area contributed by atoms with Crippen LogP contribution in [0.3, 0.4) is 0 Å². The van der Waals surface area contributed by atoms with E-state index < -0.39 is 7.32 Å². The van der Waals surface area contributed by atoms with Crippen LogP contribution in [0.2, 0.25) is 0 Å². The van der Waals surface area contributed by atoms with E-state index in [4.69, 9.17) is 24.9 Å². The summed E-state index contributed by atoms with van der Waals surface area (Å²) in [6.07, 6.45) is 5.70. The lowest BCUT2D eigenvalue weighted by Gasteiger charge is -2.21. The Bertz CT molecular complexity index is 148. The van der Waals surface area contributed by atoms with Crippen molar-refractivity contribution in [1.82, 2.24) is 0 Å². The van der Waals surface area contributed by atoms with Gasteiger partial charge in [0.05, 0.1) is 6.10 Å². The third-order valence-corrected chi connectivity index (χ3v) is 2.41. The molecule has 6 heteroatoms. The number of aliphatic hydroxyl groups is 2. The molecule has 0 radical (unpaired) electrons. The maximum absolute atomic E-state index is 8.44. The molecule has 1 rings (SSSR count). The first-order valence-electron chi connectivity index (χ1n) is 5.86. The summed E-state index contributed by atoms with van der Waals surface area (Å²) in [5.74, 6) is 0. The second kappa shape index (κ2) is 10.0. The number of hydrogen-bond donors (Lipinski definition) is 4. The van der Waals surface area contributed by atoms with Crippen LogP contribution in [0.1, 0.15) is 45.4 Å². The maximum atomic E-state index is 8.44. The predicted molar refractivity (Wildman–Crippen MR) is 61.5 cm³/mol. The van der Waals surface area contributed by atoms with Gasteiger partial charge in [-0.15, -0.1) is 0 Å². The normalized spacial score (nSPS) is 18.6. The van der Waals surface area contributed by atoms with Gasteiger partial charge in [-0.1, -0.05) is 19.3 Å². The summed E-state index contributed by atoms with van der Waals surface area (Å²) < 4.78 is 4.80. The van der Waals surface area contributed by atoms with Gasteiger partial charge in [0.2, 0.25) is 0 Å². The fourth-order valence-corrected chi connectivity index (χ4v) is 1.56. The van der Waals surface area contributed by atoms with Gasteiger partial charge in [0.25, 0.3) is 0 Å². The lowest BCUT2D eigenvalue weighted by atomic mass is 9.97. The Morgan fingerprint density at radius 3 is 2.12 bits per heavy atom. The van der Waals surface area contributed by atoms with Crippen LogP contribution in [0.15, 0.2) is 0 Å². The van der Waals surface area contributed by atoms with Crippen LogP contribution in [-0.4, -0.2) is 46.4 Å². The third kappa shape index (κ3) is 10.4. The van der Waals surface area contributed by atoms with Gasteiger partial charge in [0.15, 0.2) is 0 Å². The summed E-state index contributed by atoms with van der Waals surface area (Å²) in [5, 5.41) is 33.3. The molecule has 0 spiro atoms. The lowest BCUT2D eigenvalue weighted by molar-refractivity contribution is 0.0899. The first kappa shape index (κ1) is 15.9. The van der Waals surface area contributed by atoms with Gasteiger partial charge in [-0.2, -0.15) is 0 Å². The Balaban J connectivity index is 0.000000325. The van der Waals surface area contributed by atoms with Crippen LogP contribution in [-0.2, 0) is 4.65 Å². The van der Waals surface area contributed by atoms with E-state index in [0.717, 1.165) is 25.7 Å². The molecule has 0 bridgehead atoms. The third-order valence-electron chi connectivity index (χ3n) is 2.41. The Morgan fingerprint density at radius 2 is 1.81 bits per heavy atom. The van der Waals surface area contributed by atoms with Crippen molar-refractivity contribution in [3.8, 4) is 0 Å². The zero-order chi connectivity index (χ0) is 12.4. The van der Waals surface area contributed by atoms with Crippen molar-refractivity contribution in [3.05, 3.63) is 0 Å². The van der Waals surface area contributed by atoms with E-state index in [2.05, 4.69) is 0 Å². The van der Waals surface area contributed by atoms with Gasteiger partial charge in [0, 0.05) is 12.7 Å². The molecule has 0 aromatic carbocycles. The molecule has 0 heterocycles. The van der Waals surface area contributed by atoms with Gasteiger partial charge in [-0.3, -0.25) is 0 Å². The fraction of sp³-hybridized carbons (Fsp3) is 1.00. The standard InChI is InChI=1S/C6H13BO3.C4H10O2/c8-7(9)10-6-4-2-1-3-5-6;1-4(6)2-3-5/h6,8-9H,1-5H2;4-6H,2-3H2,1H3. The van der Waals surface area contributed by atoms with Crippen molar-refractivity contribution >= 4 is 7.32 Å². The van der Waals surface area contributed by atoms with Crippen LogP contribution in [0.25, 0.3) is 0 Å². The average molecular weight is 234 g/mol. The minimum atomic E-state index is -1.58. The SMILES string of the molecule is CC(O)CCO.OB(O)OC1CCCCC1. The highest BCUT2D eigenvalue weighted by molar-refractivity contribution is 6.32. The molecule has 1 aliphatic rings. The molecule has 4 N–H and O–H groups in total. The van der Waals surface area contributed by atoms with Crippen LogP contribution in [0.4, 0.5) is 0 Å². The highest BCUT2D eigenvalue weighted by Crippen LogP contribution is 2.19. The van der Waals surface area contributed by atoms with Crippen molar-refractivity contribution in [2.24, 2.45) is 0 Å². The molecule has 1 unspecified atom stereocenters. The first-order valence-corrected chi connectivity index (χ1v) is 5.86. The molecule has 1 saturated carbocycles. The van der Waals surface area contributed by atoms with E-state index >= 15 is 0 Å². The van der Waals surface area contributed by atoms with E-state index in [-0.39, 0.29) is 18.8 Å². The van der Waals surface area contributed by atoms with Crippen LogP contribution >= 0.6 is 0 Å². The summed E-state index contributed by atoms with van der Waals surface area (Å²) in [4.78, 5) is 0. The quantitative estimate of drug-likeness (QED) is 0.516. The van der Waals surface area contributed by atoms with Gasteiger partial charge in [0.1, 0.15) is 0 Å². The fourth-order valence-electron chi connectivity index (χ4n) is 1.56. The molecule has 0 saturated heterocycles. The predicted octanol–water partition coefficient (Wildman–Crippen LogP) is 0.0548. The smallest absolute Gasteiger partial charge is 0.402 e. The van der Waals surface area contributed by atoms with E-state index in [1.165, 1.54) is 6.42 Å². The highest BCUT2D eigenvalue weighted by atomic mass is 16.6. The first-order chi connectivity index (χ1) is 7.56. The second-order valence-corrected chi connectivity index (χ2v) is 4.08. The summed E-state index contributed by atoms with van der Waals surface area (Å²) >= 11 is 0. The molecule has 1 aliphatic carbocycles. The molecule has 1 atom stereocenters. The summed E-state index contributed by atoms with van der Waals surface area (Å²) in [6.45, 7) is 1.73. The number of hydrogen-bond acceptors (Lipinski definition) is 5. The van der Waals surface area contributed by atoms with Gasteiger partial charge < -0.3 is 24.9 Å². The second-order valence-electron chi connectivity index (χ2n) is 4.08. The molecule has 0 amide bonds. The Kier molecular flexibility index (Phi) is 9.96. The largest absolute Gasteiger partial charge is 0.634 e. The van der Waals surface area contributed by atoms with Crippen LogP contribution in [0, 0.1) is 0 Å².